The van der Waals surface area contributed by atoms with Crippen LogP contribution in [0, 0.1) is 0 Å². The van der Waals surface area contributed by atoms with Gasteiger partial charge in [-0.25, -0.2) is 0 Å². The van der Waals surface area contributed by atoms with E-state index >= 15 is 0 Å². The van der Waals surface area contributed by atoms with E-state index in [9.17, 15) is 0 Å². The molecule has 0 radical (unpaired) electrons. The van der Waals surface area contributed by atoms with E-state index in [1.807, 2.05) is 0 Å². The van der Waals surface area contributed by atoms with Gasteiger partial charge >= 0.3 is 0 Å². The van der Waals surface area contributed by atoms with Gasteiger partial charge in [0.05, 0.1) is 0 Å². The topological polar surface area (TPSA) is 6.48 Å². The lowest BCUT2D eigenvalue weighted by Gasteiger charge is -2.18. The van der Waals surface area contributed by atoms with Crippen LogP contribution in [0.2, 0.25) is 0 Å². The molecule has 0 aromatic carbocycles. The van der Waals surface area contributed by atoms with Crippen LogP contribution >= 0.6 is 0 Å². The number of rotatable bonds is 1. The summed E-state index contributed by atoms with van der Waals surface area (Å²) in [5.41, 5.74) is 0. The molecule has 1 atom stereocenters. The summed E-state index contributed by atoms with van der Waals surface area (Å²) in [5, 5.41) is 0. The van der Waals surface area contributed by atoms with E-state index in [4.69, 9.17) is 0 Å². The van der Waals surface area contributed by atoms with E-state index in [0.717, 1.165) is 6.54 Å². The SMILES string of the molecule is CN1C=CC(N(C)C)C1. The lowest BCUT2D eigenvalue weighted by atomic mass is 10.3. The Morgan fingerprint density at radius 3 is 2.44 bits per heavy atom. The van der Waals surface area contributed by atoms with Crippen LogP contribution in [0.25, 0.3) is 0 Å². The molecule has 0 spiro atoms. The fraction of sp³-hybridized carbons (Fsp3) is 0.714. The number of nitrogens with zero attached hydrogens (tertiary/aromatic N) is 2. The second-order valence-corrected chi connectivity index (χ2v) is 2.81. The molecule has 0 aromatic rings. The Morgan fingerprint density at radius 2 is 2.22 bits per heavy atom. The van der Waals surface area contributed by atoms with Gasteiger partial charge in [-0.2, -0.15) is 0 Å². The lowest BCUT2D eigenvalue weighted by Crippen LogP contribution is -2.30. The Bertz CT molecular complexity index is 118. The summed E-state index contributed by atoms with van der Waals surface area (Å²) in [6, 6.07) is 0.620. The molecular formula is C7H14N2. The van der Waals surface area contributed by atoms with Crippen molar-refractivity contribution in [2.24, 2.45) is 0 Å². The highest BCUT2D eigenvalue weighted by molar-refractivity contribution is 5.01. The quantitative estimate of drug-likeness (QED) is 0.501. The van der Waals surface area contributed by atoms with Gasteiger partial charge in [0.2, 0.25) is 0 Å². The number of hydrogen-bond donors (Lipinski definition) is 0. The molecule has 0 fully saturated rings. The zero-order valence-electron chi connectivity index (χ0n) is 6.33. The largest absolute Gasteiger partial charge is 0.379 e. The first-order valence-corrected chi connectivity index (χ1v) is 3.25. The molecule has 0 saturated heterocycles. The van der Waals surface area contributed by atoms with Crippen molar-refractivity contribution in [3.8, 4) is 0 Å². The Labute approximate surface area is 56.8 Å². The highest BCUT2D eigenvalue weighted by Crippen LogP contribution is 2.05. The molecule has 9 heavy (non-hydrogen) atoms. The van der Waals surface area contributed by atoms with Crippen molar-refractivity contribution in [3.63, 3.8) is 0 Å². The third-order valence-corrected chi connectivity index (χ3v) is 1.70. The predicted molar refractivity (Wildman–Crippen MR) is 39.2 cm³/mol. The summed E-state index contributed by atoms with van der Waals surface area (Å²) >= 11 is 0. The van der Waals surface area contributed by atoms with Crippen LogP contribution in [-0.4, -0.2) is 43.5 Å². The van der Waals surface area contributed by atoms with Crippen LogP contribution < -0.4 is 0 Å². The van der Waals surface area contributed by atoms with Gasteiger partial charge in [-0.3, -0.25) is 0 Å². The average molecular weight is 126 g/mol. The number of likely N-dealkylation sites (N-methyl/N-ethyl adjacent to an activating group) is 2. The summed E-state index contributed by atoms with van der Waals surface area (Å²) < 4.78 is 0. The Balaban J connectivity index is 2.41. The monoisotopic (exact) mass is 126 g/mol. The van der Waals surface area contributed by atoms with Gasteiger partial charge in [0.1, 0.15) is 0 Å². The maximum Gasteiger partial charge on any atom is 0.0464 e. The summed E-state index contributed by atoms with van der Waals surface area (Å²) in [4.78, 5) is 4.42. The van der Waals surface area contributed by atoms with Crippen molar-refractivity contribution in [3.05, 3.63) is 12.3 Å². The van der Waals surface area contributed by atoms with E-state index < -0.39 is 0 Å². The van der Waals surface area contributed by atoms with Crippen LogP contribution in [0.4, 0.5) is 0 Å². The summed E-state index contributed by atoms with van der Waals surface area (Å²) in [6.45, 7) is 1.13. The number of hydrogen-bond acceptors (Lipinski definition) is 2. The molecule has 0 N–H and O–H groups in total. The van der Waals surface area contributed by atoms with E-state index in [0.29, 0.717) is 6.04 Å². The predicted octanol–water partition coefficient (Wildman–Crippen LogP) is 0.376. The van der Waals surface area contributed by atoms with Gasteiger partial charge in [-0.1, -0.05) is 0 Å². The van der Waals surface area contributed by atoms with E-state index in [1.54, 1.807) is 0 Å². The smallest absolute Gasteiger partial charge is 0.0464 e. The fourth-order valence-electron chi connectivity index (χ4n) is 0.998. The van der Waals surface area contributed by atoms with Crippen LogP contribution in [0.3, 0.4) is 0 Å². The summed E-state index contributed by atoms with van der Waals surface area (Å²) in [6.07, 6.45) is 4.35. The highest BCUT2D eigenvalue weighted by Gasteiger charge is 2.13. The zero-order chi connectivity index (χ0) is 6.85. The minimum Gasteiger partial charge on any atom is -0.379 e. The molecule has 0 aromatic heterocycles. The molecule has 1 unspecified atom stereocenters. The molecule has 0 saturated carbocycles. The maximum atomic E-state index is 2.22. The summed E-state index contributed by atoms with van der Waals surface area (Å²) in [7, 11) is 6.31. The molecule has 0 bridgehead atoms. The second-order valence-electron chi connectivity index (χ2n) is 2.81. The van der Waals surface area contributed by atoms with Crippen LogP contribution in [0.1, 0.15) is 0 Å². The molecule has 0 amide bonds. The van der Waals surface area contributed by atoms with Gasteiger partial charge in [-0.15, -0.1) is 0 Å². The highest BCUT2D eigenvalue weighted by atomic mass is 15.2. The molecule has 1 rings (SSSR count). The van der Waals surface area contributed by atoms with Crippen molar-refractivity contribution in [1.82, 2.24) is 9.80 Å². The first-order chi connectivity index (χ1) is 4.20. The van der Waals surface area contributed by atoms with Crippen LogP contribution in [0.5, 0.6) is 0 Å². The average Bonchev–Trinajstić information content (AvgIpc) is 2.14. The van der Waals surface area contributed by atoms with Gasteiger partial charge in [0, 0.05) is 19.6 Å². The molecule has 1 aliphatic rings. The van der Waals surface area contributed by atoms with Crippen molar-refractivity contribution in [2.75, 3.05) is 27.7 Å². The fourth-order valence-corrected chi connectivity index (χ4v) is 0.998. The molecular weight excluding hydrogens is 112 g/mol. The Hall–Kier alpha value is -0.500. The standard InChI is InChI=1S/C7H14N2/c1-8(2)7-4-5-9(3)6-7/h4-5,7H,6H2,1-3H3. The minimum atomic E-state index is 0.620. The molecule has 0 aliphatic carbocycles. The Morgan fingerprint density at radius 1 is 1.56 bits per heavy atom. The van der Waals surface area contributed by atoms with E-state index in [-0.39, 0.29) is 0 Å². The minimum absolute atomic E-state index is 0.620. The van der Waals surface area contributed by atoms with Crippen LogP contribution in [0.15, 0.2) is 12.3 Å². The van der Waals surface area contributed by atoms with Crippen molar-refractivity contribution in [1.29, 1.82) is 0 Å². The first-order valence-electron chi connectivity index (χ1n) is 3.25. The molecule has 1 heterocycles. The maximum absolute atomic E-state index is 2.22. The molecule has 52 valence electrons. The van der Waals surface area contributed by atoms with Crippen LogP contribution in [-0.2, 0) is 0 Å². The van der Waals surface area contributed by atoms with E-state index in [1.165, 1.54) is 0 Å². The third kappa shape index (κ3) is 1.45. The van der Waals surface area contributed by atoms with Gasteiger partial charge in [0.15, 0.2) is 0 Å². The van der Waals surface area contributed by atoms with Crippen molar-refractivity contribution in [2.45, 2.75) is 6.04 Å². The molecule has 1 aliphatic heterocycles. The first kappa shape index (κ1) is 6.62. The van der Waals surface area contributed by atoms with Crippen molar-refractivity contribution >= 4 is 0 Å². The second kappa shape index (κ2) is 2.40. The molecule has 2 nitrogen and oxygen atoms in total. The zero-order valence-corrected chi connectivity index (χ0v) is 6.33. The van der Waals surface area contributed by atoms with Gasteiger partial charge in [-0.05, 0) is 26.4 Å². The Kier molecular flexibility index (Phi) is 1.76. The van der Waals surface area contributed by atoms with Gasteiger partial charge < -0.3 is 9.80 Å². The van der Waals surface area contributed by atoms with Crippen molar-refractivity contribution < 1.29 is 0 Å². The third-order valence-electron chi connectivity index (χ3n) is 1.70. The van der Waals surface area contributed by atoms with E-state index in [2.05, 4.69) is 43.2 Å². The summed E-state index contributed by atoms with van der Waals surface area (Å²) in [5.74, 6) is 0. The van der Waals surface area contributed by atoms with Gasteiger partial charge in [0.25, 0.3) is 0 Å². The normalized spacial score (nSPS) is 26.2. The molecule has 2 heteroatoms. The lowest BCUT2D eigenvalue weighted by molar-refractivity contribution is 0.307.